The second kappa shape index (κ2) is 5.65. The highest BCUT2D eigenvalue weighted by atomic mass is 79.9. The number of alkyl halides is 1. The summed E-state index contributed by atoms with van der Waals surface area (Å²) in [4.78, 5) is 12.4. The Bertz CT molecular complexity index is 380. The smallest absolute Gasteiger partial charge is 0.252 e. The molecule has 88 valence electrons. The largest absolute Gasteiger partial charge is 0.352 e. The summed E-state index contributed by atoms with van der Waals surface area (Å²) in [5.41, 5.74) is 0.755. The van der Waals surface area contributed by atoms with E-state index in [9.17, 15) is 4.79 Å². The summed E-state index contributed by atoms with van der Waals surface area (Å²) < 4.78 is 0.999. The summed E-state index contributed by atoms with van der Waals surface area (Å²) in [7, 11) is 0. The molecule has 1 aliphatic rings. The van der Waals surface area contributed by atoms with Crippen molar-refractivity contribution >= 4 is 49.1 Å². The van der Waals surface area contributed by atoms with Crippen molar-refractivity contribution in [1.82, 2.24) is 5.32 Å². The number of halogens is 2. The third-order valence-electron chi connectivity index (χ3n) is 2.86. The lowest BCUT2D eigenvalue weighted by Crippen LogP contribution is -2.28. The molecular weight excluding hydrogens is 354 g/mol. The van der Waals surface area contributed by atoms with Gasteiger partial charge in [0.2, 0.25) is 0 Å². The maximum atomic E-state index is 11.8. The van der Waals surface area contributed by atoms with Crippen molar-refractivity contribution in [3.05, 3.63) is 20.8 Å². The fourth-order valence-electron chi connectivity index (χ4n) is 1.97. The lowest BCUT2D eigenvalue weighted by atomic mass is 10.1. The van der Waals surface area contributed by atoms with Crippen LogP contribution >= 0.6 is 43.2 Å². The van der Waals surface area contributed by atoms with Crippen LogP contribution in [0.3, 0.4) is 0 Å². The zero-order chi connectivity index (χ0) is 11.5. The average molecular weight is 367 g/mol. The number of thiophene rings is 1. The van der Waals surface area contributed by atoms with E-state index in [0.29, 0.717) is 10.7 Å². The van der Waals surface area contributed by atoms with Crippen molar-refractivity contribution in [3.63, 3.8) is 0 Å². The van der Waals surface area contributed by atoms with Crippen LogP contribution in [0, 0.1) is 5.92 Å². The van der Waals surface area contributed by atoms with E-state index in [1.807, 2.05) is 11.4 Å². The maximum Gasteiger partial charge on any atom is 0.252 e. The van der Waals surface area contributed by atoms with Gasteiger partial charge in [0.05, 0.1) is 9.35 Å². The van der Waals surface area contributed by atoms with E-state index in [1.54, 1.807) is 0 Å². The molecule has 5 heteroatoms. The monoisotopic (exact) mass is 365 g/mol. The first kappa shape index (κ1) is 12.6. The van der Waals surface area contributed by atoms with E-state index < -0.39 is 0 Å². The summed E-state index contributed by atoms with van der Waals surface area (Å²) in [5, 5.41) is 4.88. The van der Waals surface area contributed by atoms with Gasteiger partial charge >= 0.3 is 0 Å². The quantitative estimate of drug-likeness (QED) is 0.810. The van der Waals surface area contributed by atoms with E-state index in [-0.39, 0.29) is 5.91 Å². The molecule has 1 fully saturated rings. The fourth-order valence-corrected chi connectivity index (χ4v) is 3.90. The van der Waals surface area contributed by atoms with E-state index in [4.69, 9.17) is 0 Å². The number of rotatable bonds is 3. The number of carbonyl (C=O) groups excluding carboxylic acids is 1. The molecule has 1 aliphatic carbocycles. The van der Waals surface area contributed by atoms with Crippen molar-refractivity contribution in [3.8, 4) is 0 Å². The van der Waals surface area contributed by atoms with Crippen LogP contribution in [0.15, 0.2) is 15.2 Å². The van der Waals surface area contributed by atoms with Crippen molar-refractivity contribution in [2.45, 2.75) is 24.1 Å². The van der Waals surface area contributed by atoms with Crippen LogP contribution in [-0.4, -0.2) is 17.3 Å². The summed E-state index contributed by atoms with van der Waals surface area (Å²) in [6.45, 7) is 0.800. The summed E-state index contributed by atoms with van der Waals surface area (Å²) in [6.07, 6.45) is 3.61. The normalized spacial score (nSPS) is 24.6. The molecule has 2 nitrogen and oxygen atoms in total. The molecule has 0 aliphatic heterocycles. The highest BCUT2D eigenvalue weighted by Gasteiger charge is 2.22. The molecule has 2 atom stereocenters. The minimum absolute atomic E-state index is 0.0416. The lowest BCUT2D eigenvalue weighted by Gasteiger charge is -2.09. The molecule has 0 bridgehead atoms. The first-order valence-corrected chi connectivity index (χ1v) is 7.90. The average Bonchev–Trinajstić information content (AvgIpc) is 2.84. The van der Waals surface area contributed by atoms with Gasteiger partial charge in [-0.05, 0) is 47.2 Å². The Balaban J connectivity index is 1.80. The maximum absolute atomic E-state index is 11.8. The third-order valence-corrected chi connectivity index (χ3v) is 5.19. The number of carbonyl (C=O) groups is 1. The standard InChI is InChI=1S/C11H13Br2NOS/c12-9-2-1-7(3-9)5-14-11(15)8-4-10(13)16-6-8/h4,6-7,9H,1-3,5H2,(H,14,15). The van der Waals surface area contributed by atoms with E-state index in [2.05, 4.69) is 37.2 Å². The number of amides is 1. The van der Waals surface area contributed by atoms with E-state index in [0.717, 1.165) is 15.9 Å². The molecule has 2 rings (SSSR count). The molecule has 2 unspecified atom stereocenters. The Kier molecular flexibility index (Phi) is 4.44. The second-order valence-electron chi connectivity index (χ2n) is 4.13. The molecule has 1 aromatic rings. The van der Waals surface area contributed by atoms with Gasteiger partial charge in [-0.15, -0.1) is 11.3 Å². The first-order chi connectivity index (χ1) is 7.65. The van der Waals surface area contributed by atoms with Crippen LogP contribution in [0.2, 0.25) is 0 Å². The van der Waals surface area contributed by atoms with Gasteiger partial charge in [-0.3, -0.25) is 4.79 Å². The molecule has 1 aromatic heterocycles. The van der Waals surface area contributed by atoms with Gasteiger partial charge in [-0.2, -0.15) is 0 Å². The number of hydrogen-bond donors (Lipinski definition) is 1. The number of nitrogens with one attached hydrogen (secondary N) is 1. The second-order valence-corrected chi connectivity index (χ2v) is 7.71. The van der Waals surface area contributed by atoms with Gasteiger partial charge in [-0.1, -0.05) is 15.9 Å². The van der Waals surface area contributed by atoms with Gasteiger partial charge in [-0.25, -0.2) is 0 Å². The van der Waals surface area contributed by atoms with Crippen molar-refractivity contribution in [2.24, 2.45) is 5.92 Å². The molecule has 1 heterocycles. The third kappa shape index (κ3) is 3.31. The molecule has 1 amide bonds. The Morgan fingerprint density at radius 1 is 1.56 bits per heavy atom. The molecule has 1 saturated carbocycles. The molecule has 1 N–H and O–H groups in total. The summed E-state index contributed by atoms with van der Waals surface area (Å²) in [6, 6.07) is 1.86. The van der Waals surface area contributed by atoms with Crippen LogP contribution in [0.5, 0.6) is 0 Å². The number of hydrogen-bond acceptors (Lipinski definition) is 2. The predicted octanol–water partition coefficient (Wildman–Crippen LogP) is 3.80. The molecule has 0 aromatic carbocycles. The Morgan fingerprint density at radius 3 is 2.94 bits per heavy atom. The molecule has 16 heavy (non-hydrogen) atoms. The zero-order valence-corrected chi connectivity index (χ0v) is 12.7. The Hall–Kier alpha value is 0.130. The van der Waals surface area contributed by atoms with Crippen LogP contribution < -0.4 is 5.32 Å². The Labute approximate surface area is 116 Å². The minimum atomic E-state index is 0.0416. The molecule has 0 spiro atoms. The SMILES string of the molecule is O=C(NCC1CCC(Br)C1)c1csc(Br)c1. The predicted molar refractivity (Wildman–Crippen MR) is 74.4 cm³/mol. The molecule has 0 saturated heterocycles. The van der Waals surface area contributed by atoms with Crippen LogP contribution in [0.25, 0.3) is 0 Å². The van der Waals surface area contributed by atoms with Gasteiger partial charge in [0, 0.05) is 16.8 Å². The van der Waals surface area contributed by atoms with E-state index >= 15 is 0 Å². The van der Waals surface area contributed by atoms with Gasteiger partial charge in [0.1, 0.15) is 0 Å². The highest BCUT2D eigenvalue weighted by Crippen LogP contribution is 2.30. The fraction of sp³-hybridized carbons (Fsp3) is 0.545. The van der Waals surface area contributed by atoms with Crippen molar-refractivity contribution < 1.29 is 4.79 Å². The summed E-state index contributed by atoms with van der Waals surface area (Å²) >= 11 is 8.51. The van der Waals surface area contributed by atoms with Crippen molar-refractivity contribution in [2.75, 3.05) is 6.54 Å². The van der Waals surface area contributed by atoms with Crippen LogP contribution in [0.1, 0.15) is 29.6 Å². The lowest BCUT2D eigenvalue weighted by molar-refractivity contribution is 0.0948. The molecular formula is C11H13Br2NOS. The van der Waals surface area contributed by atoms with Gasteiger partial charge < -0.3 is 5.32 Å². The van der Waals surface area contributed by atoms with E-state index in [1.165, 1.54) is 30.6 Å². The zero-order valence-electron chi connectivity index (χ0n) is 8.71. The van der Waals surface area contributed by atoms with Gasteiger partial charge in [0.25, 0.3) is 5.91 Å². The minimum Gasteiger partial charge on any atom is -0.352 e. The topological polar surface area (TPSA) is 29.1 Å². The van der Waals surface area contributed by atoms with Gasteiger partial charge in [0.15, 0.2) is 0 Å². The molecule has 0 radical (unpaired) electrons. The van der Waals surface area contributed by atoms with Crippen LogP contribution in [0.4, 0.5) is 0 Å². The first-order valence-electron chi connectivity index (χ1n) is 5.31. The Morgan fingerprint density at radius 2 is 2.38 bits per heavy atom. The summed E-state index contributed by atoms with van der Waals surface area (Å²) in [5.74, 6) is 0.676. The van der Waals surface area contributed by atoms with Crippen molar-refractivity contribution in [1.29, 1.82) is 0 Å². The van der Waals surface area contributed by atoms with Crippen LogP contribution in [-0.2, 0) is 0 Å². The highest BCUT2D eigenvalue weighted by molar-refractivity contribution is 9.11.